The van der Waals surface area contributed by atoms with Crippen molar-refractivity contribution in [2.75, 3.05) is 31.1 Å². The molecule has 3 aliphatic rings. The van der Waals surface area contributed by atoms with Crippen molar-refractivity contribution < 1.29 is 0 Å². The molecule has 1 aliphatic carbocycles. The molecule has 0 saturated carbocycles. The van der Waals surface area contributed by atoms with Gasteiger partial charge in [-0.15, -0.1) is 0 Å². The maximum Gasteiger partial charge on any atom is 0.161 e. The lowest BCUT2D eigenvalue weighted by Gasteiger charge is -2.28. The second kappa shape index (κ2) is 6.37. The molecular formula is C20H25N5. The Bertz CT molecular complexity index is 760. The van der Waals surface area contributed by atoms with Crippen LogP contribution in [0.3, 0.4) is 0 Å². The molecular weight excluding hydrogens is 310 g/mol. The Hall–Kier alpha value is -2.01. The smallest absolute Gasteiger partial charge is 0.161 e. The molecule has 5 nitrogen and oxygen atoms in total. The standard InChI is InChI=1S/C20H25N5/c1-5-17-18(6-1)22-19(15-7-9-21-10-8-15)23-20(17)25-13-3-12-24-11-2-4-16(24)14-25/h7-10,16H,1-6,11-14H2/t16-/m0/s1. The molecule has 1 atom stereocenters. The summed E-state index contributed by atoms with van der Waals surface area (Å²) in [5.41, 5.74) is 3.75. The highest BCUT2D eigenvalue weighted by Gasteiger charge is 2.31. The molecule has 0 bridgehead atoms. The first-order valence-corrected chi connectivity index (χ1v) is 9.68. The normalized spacial score (nSPS) is 23.4. The number of hydrogen-bond acceptors (Lipinski definition) is 5. The van der Waals surface area contributed by atoms with Crippen molar-refractivity contribution in [2.24, 2.45) is 0 Å². The number of aryl methyl sites for hydroxylation is 1. The third-order valence-electron chi connectivity index (χ3n) is 5.95. The lowest BCUT2D eigenvalue weighted by Crippen LogP contribution is -2.37. The minimum atomic E-state index is 0.707. The number of aromatic nitrogens is 3. The molecule has 2 fully saturated rings. The first-order chi connectivity index (χ1) is 12.4. The van der Waals surface area contributed by atoms with E-state index in [4.69, 9.17) is 9.97 Å². The van der Waals surface area contributed by atoms with Gasteiger partial charge in [0.05, 0.1) is 0 Å². The lowest BCUT2D eigenvalue weighted by molar-refractivity contribution is 0.273. The van der Waals surface area contributed by atoms with Crippen LogP contribution < -0.4 is 4.90 Å². The Kier molecular flexibility index (Phi) is 3.89. The minimum Gasteiger partial charge on any atom is -0.355 e. The van der Waals surface area contributed by atoms with Crippen molar-refractivity contribution in [2.45, 2.75) is 44.6 Å². The van der Waals surface area contributed by atoms with E-state index in [1.807, 2.05) is 24.5 Å². The second-order valence-corrected chi connectivity index (χ2v) is 7.52. The molecule has 2 aromatic rings. The van der Waals surface area contributed by atoms with Gasteiger partial charge in [0.2, 0.25) is 0 Å². The maximum atomic E-state index is 5.06. The minimum absolute atomic E-state index is 0.707. The van der Waals surface area contributed by atoms with E-state index in [9.17, 15) is 0 Å². The molecule has 4 heterocycles. The van der Waals surface area contributed by atoms with Crippen molar-refractivity contribution in [3.63, 3.8) is 0 Å². The van der Waals surface area contributed by atoms with E-state index in [1.165, 1.54) is 55.8 Å². The number of rotatable bonds is 2. The molecule has 130 valence electrons. The first-order valence-electron chi connectivity index (χ1n) is 9.68. The number of anilines is 1. The van der Waals surface area contributed by atoms with Crippen LogP contribution in [0.4, 0.5) is 5.82 Å². The monoisotopic (exact) mass is 335 g/mol. The number of pyridine rings is 1. The molecule has 2 saturated heterocycles. The highest BCUT2D eigenvalue weighted by molar-refractivity contribution is 5.61. The van der Waals surface area contributed by atoms with Gasteiger partial charge in [-0.3, -0.25) is 9.88 Å². The number of nitrogens with zero attached hydrogens (tertiary/aromatic N) is 5. The average molecular weight is 335 g/mol. The van der Waals surface area contributed by atoms with Crippen molar-refractivity contribution in [1.82, 2.24) is 19.9 Å². The van der Waals surface area contributed by atoms with E-state index >= 15 is 0 Å². The summed E-state index contributed by atoms with van der Waals surface area (Å²) in [6, 6.07) is 4.74. The zero-order chi connectivity index (χ0) is 16.6. The maximum absolute atomic E-state index is 5.06. The van der Waals surface area contributed by atoms with Gasteiger partial charge in [-0.05, 0) is 57.2 Å². The van der Waals surface area contributed by atoms with Crippen LogP contribution in [0, 0.1) is 0 Å². The fraction of sp³-hybridized carbons (Fsp3) is 0.550. The molecule has 0 amide bonds. The van der Waals surface area contributed by atoms with Crippen LogP contribution in [0.1, 0.15) is 36.9 Å². The van der Waals surface area contributed by atoms with Gasteiger partial charge in [0.25, 0.3) is 0 Å². The van der Waals surface area contributed by atoms with Crippen molar-refractivity contribution in [3.05, 3.63) is 35.8 Å². The number of hydrogen-bond donors (Lipinski definition) is 0. The van der Waals surface area contributed by atoms with Gasteiger partial charge in [-0.25, -0.2) is 9.97 Å². The van der Waals surface area contributed by atoms with Crippen LogP contribution in [0.25, 0.3) is 11.4 Å². The van der Waals surface area contributed by atoms with E-state index in [1.54, 1.807) is 0 Å². The Morgan fingerprint density at radius 3 is 2.72 bits per heavy atom. The van der Waals surface area contributed by atoms with Gasteiger partial charge in [0.15, 0.2) is 5.82 Å². The van der Waals surface area contributed by atoms with Crippen LogP contribution in [-0.4, -0.2) is 52.1 Å². The third-order valence-corrected chi connectivity index (χ3v) is 5.95. The second-order valence-electron chi connectivity index (χ2n) is 7.52. The summed E-state index contributed by atoms with van der Waals surface area (Å²) in [7, 11) is 0. The molecule has 0 radical (unpaired) electrons. The topological polar surface area (TPSA) is 45.2 Å². The highest BCUT2D eigenvalue weighted by Crippen LogP contribution is 2.33. The Morgan fingerprint density at radius 2 is 1.80 bits per heavy atom. The van der Waals surface area contributed by atoms with E-state index < -0.39 is 0 Å². The summed E-state index contributed by atoms with van der Waals surface area (Å²) < 4.78 is 0. The van der Waals surface area contributed by atoms with Crippen LogP contribution in [0.2, 0.25) is 0 Å². The summed E-state index contributed by atoms with van der Waals surface area (Å²) in [5.74, 6) is 2.08. The Balaban J connectivity index is 1.54. The van der Waals surface area contributed by atoms with Gasteiger partial charge in [-0.1, -0.05) is 0 Å². The van der Waals surface area contributed by atoms with E-state index in [0.29, 0.717) is 6.04 Å². The van der Waals surface area contributed by atoms with E-state index in [-0.39, 0.29) is 0 Å². The predicted molar refractivity (Wildman–Crippen MR) is 98.7 cm³/mol. The molecule has 0 spiro atoms. The fourth-order valence-electron chi connectivity index (χ4n) is 4.70. The lowest BCUT2D eigenvalue weighted by atomic mass is 10.1. The molecule has 5 heteroatoms. The SMILES string of the molecule is c1cc(-c2nc3c(c(N4CCCN5CCC[C@H]5C4)n2)CCC3)ccn1. The molecule has 25 heavy (non-hydrogen) atoms. The summed E-state index contributed by atoms with van der Waals surface area (Å²) in [4.78, 5) is 19.3. The van der Waals surface area contributed by atoms with Crippen molar-refractivity contribution >= 4 is 5.82 Å². The van der Waals surface area contributed by atoms with Crippen LogP contribution in [0.5, 0.6) is 0 Å². The van der Waals surface area contributed by atoms with E-state index in [2.05, 4.69) is 14.8 Å². The molecule has 0 N–H and O–H groups in total. The van der Waals surface area contributed by atoms with Crippen LogP contribution in [-0.2, 0) is 12.8 Å². The summed E-state index contributed by atoms with van der Waals surface area (Å²) >= 11 is 0. The van der Waals surface area contributed by atoms with Crippen LogP contribution >= 0.6 is 0 Å². The largest absolute Gasteiger partial charge is 0.355 e. The predicted octanol–water partition coefficient (Wildman–Crippen LogP) is 2.70. The van der Waals surface area contributed by atoms with Gasteiger partial charge >= 0.3 is 0 Å². The average Bonchev–Trinajstić information content (AvgIpc) is 3.26. The van der Waals surface area contributed by atoms with Crippen LogP contribution in [0.15, 0.2) is 24.5 Å². The third kappa shape index (κ3) is 2.80. The summed E-state index contributed by atoms with van der Waals surface area (Å²) in [6.07, 6.45) is 11.0. The quantitative estimate of drug-likeness (QED) is 0.844. The summed E-state index contributed by atoms with van der Waals surface area (Å²) in [5, 5.41) is 0. The van der Waals surface area contributed by atoms with Gasteiger partial charge < -0.3 is 4.90 Å². The highest BCUT2D eigenvalue weighted by atomic mass is 15.3. The Labute approximate surface area is 149 Å². The molecule has 5 rings (SSSR count). The molecule has 0 aromatic carbocycles. The molecule has 2 aliphatic heterocycles. The van der Waals surface area contributed by atoms with Gasteiger partial charge in [0, 0.05) is 54.9 Å². The van der Waals surface area contributed by atoms with Gasteiger partial charge in [-0.2, -0.15) is 0 Å². The van der Waals surface area contributed by atoms with Gasteiger partial charge in [0.1, 0.15) is 5.82 Å². The number of fused-ring (bicyclic) bond motifs is 2. The first kappa shape index (κ1) is 15.3. The summed E-state index contributed by atoms with van der Waals surface area (Å²) in [6.45, 7) is 4.76. The Morgan fingerprint density at radius 1 is 0.920 bits per heavy atom. The van der Waals surface area contributed by atoms with Crippen molar-refractivity contribution in [3.8, 4) is 11.4 Å². The van der Waals surface area contributed by atoms with E-state index in [0.717, 1.165) is 37.3 Å². The van der Waals surface area contributed by atoms with Crippen molar-refractivity contribution in [1.29, 1.82) is 0 Å². The molecule has 2 aromatic heterocycles. The zero-order valence-electron chi connectivity index (χ0n) is 14.7. The fourth-order valence-corrected chi connectivity index (χ4v) is 4.70. The molecule has 0 unspecified atom stereocenters. The zero-order valence-corrected chi connectivity index (χ0v) is 14.7.